The minimum absolute atomic E-state index is 0.0776. The Morgan fingerprint density at radius 2 is 2.00 bits per heavy atom. The van der Waals surface area contributed by atoms with E-state index in [1.807, 2.05) is 0 Å². The van der Waals surface area contributed by atoms with E-state index in [1.54, 1.807) is 0 Å². The largest absolute Gasteiger partial charge is 0.466 e. The topological polar surface area (TPSA) is 104 Å². The van der Waals surface area contributed by atoms with Crippen LogP contribution < -0.4 is 0 Å². The van der Waals surface area contributed by atoms with Gasteiger partial charge >= 0.3 is 13.6 Å². The summed E-state index contributed by atoms with van der Waals surface area (Å²) in [6.45, 7) is 0.00225. The number of ether oxygens (including phenoxy) is 1. The molecule has 78 valence electrons. The first-order chi connectivity index (χ1) is 5.95. The summed E-state index contributed by atoms with van der Waals surface area (Å²) in [5.74, 6) is -0.656. The highest BCUT2D eigenvalue weighted by molar-refractivity contribution is 7.51. The van der Waals surface area contributed by atoms with E-state index in [-0.39, 0.29) is 19.6 Å². The average Bonchev–Trinajstić information content (AvgIpc) is 2.00. The van der Waals surface area contributed by atoms with Crippen LogP contribution in [0.1, 0.15) is 12.8 Å². The summed E-state index contributed by atoms with van der Waals surface area (Å²) in [6, 6.07) is 0. The molecule has 0 amide bonds. The summed E-state index contributed by atoms with van der Waals surface area (Å²) in [4.78, 5) is 27.5. The van der Waals surface area contributed by atoms with Crippen LogP contribution in [0, 0.1) is 0 Å². The number of esters is 1. The van der Waals surface area contributed by atoms with Crippen molar-refractivity contribution in [3.63, 3.8) is 0 Å². The molecular weight excluding hydrogens is 199 g/mol. The Balaban J connectivity index is 3.47. The summed E-state index contributed by atoms with van der Waals surface area (Å²) in [5.41, 5.74) is 0. The zero-order chi connectivity index (χ0) is 10.3. The second kappa shape index (κ2) is 6.10. The maximum atomic E-state index is 10.7. The van der Waals surface area contributed by atoms with Crippen LogP contribution in [0.15, 0.2) is 0 Å². The van der Waals surface area contributed by atoms with Crippen molar-refractivity contribution in [2.45, 2.75) is 12.8 Å². The Morgan fingerprint density at radius 3 is 2.46 bits per heavy atom. The van der Waals surface area contributed by atoms with E-state index in [9.17, 15) is 9.36 Å². The number of carbonyl (C=O) groups excluding carboxylic acids is 1. The van der Waals surface area contributed by atoms with Gasteiger partial charge in [0.05, 0.1) is 19.2 Å². The molecule has 0 saturated carbocycles. The molecule has 0 saturated heterocycles. The number of carbonyl (C=O) groups is 1. The molecule has 0 aliphatic carbocycles. The van der Waals surface area contributed by atoms with E-state index in [0.717, 1.165) is 0 Å². The smallest absolute Gasteiger partial charge is 0.326 e. The van der Waals surface area contributed by atoms with Crippen molar-refractivity contribution in [1.29, 1.82) is 0 Å². The summed E-state index contributed by atoms with van der Waals surface area (Å²) < 4.78 is 14.8. The van der Waals surface area contributed by atoms with Crippen LogP contribution in [0.25, 0.3) is 0 Å². The van der Waals surface area contributed by atoms with Gasteiger partial charge < -0.3 is 19.6 Å². The molecule has 0 fully saturated rings. The lowest BCUT2D eigenvalue weighted by atomic mass is 10.5. The SMILES string of the molecule is O=C(CCP(=O)(O)O)OCCCO. The molecule has 3 N–H and O–H groups in total. The van der Waals surface area contributed by atoms with Crippen molar-refractivity contribution in [3.8, 4) is 0 Å². The third-order valence-corrected chi connectivity index (χ3v) is 1.98. The van der Waals surface area contributed by atoms with Crippen LogP contribution in [-0.2, 0) is 14.1 Å². The average molecular weight is 212 g/mol. The lowest BCUT2D eigenvalue weighted by molar-refractivity contribution is -0.143. The first kappa shape index (κ1) is 12.6. The molecule has 0 spiro atoms. The molecule has 0 atom stereocenters. The van der Waals surface area contributed by atoms with Crippen LogP contribution in [0.4, 0.5) is 0 Å². The summed E-state index contributed by atoms with van der Waals surface area (Å²) in [5, 5.41) is 8.32. The van der Waals surface area contributed by atoms with Crippen LogP contribution >= 0.6 is 7.60 Å². The molecule has 0 aromatic rings. The van der Waals surface area contributed by atoms with Gasteiger partial charge in [-0.15, -0.1) is 0 Å². The molecule has 13 heavy (non-hydrogen) atoms. The van der Waals surface area contributed by atoms with Gasteiger partial charge in [0, 0.05) is 13.0 Å². The molecule has 0 unspecified atom stereocenters. The quantitative estimate of drug-likeness (QED) is 0.311. The standard InChI is InChI=1S/C6H13O6P/c7-3-1-4-12-6(8)2-5-13(9,10)11/h7H,1-5H2,(H2,9,10,11). The van der Waals surface area contributed by atoms with E-state index < -0.39 is 19.7 Å². The van der Waals surface area contributed by atoms with Crippen molar-refractivity contribution in [3.05, 3.63) is 0 Å². The zero-order valence-corrected chi connectivity index (χ0v) is 7.94. The minimum Gasteiger partial charge on any atom is -0.466 e. The molecule has 7 heteroatoms. The highest BCUT2D eigenvalue weighted by Crippen LogP contribution is 2.34. The molecule has 0 aromatic carbocycles. The van der Waals surface area contributed by atoms with E-state index in [4.69, 9.17) is 14.9 Å². The molecule has 0 bridgehead atoms. The highest BCUT2D eigenvalue weighted by atomic mass is 31.2. The Bertz CT molecular complexity index is 197. The lowest BCUT2D eigenvalue weighted by Crippen LogP contribution is -2.08. The molecular formula is C6H13O6P. The number of aliphatic hydroxyl groups is 1. The van der Waals surface area contributed by atoms with Crippen molar-refractivity contribution in [1.82, 2.24) is 0 Å². The van der Waals surface area contributed by atoms with E-state index in [0.29, 0.717) is 6.42 Å². The maximum absolute atomic E-state index is 10.7. The van der Waals surface area contributed by atoms with Crippen molar-refractivity contribution < 1.29 is 29.0 Å². The summed E-state index contributed by atoms with van der Waals surface area (Å²) >= 11 is 0. The molecule has 0 heterocycles. The van der Waals surface area contributed by atoms with Gasteiger partial charge in [0.25, 0.3) is 0 Å². The predicted octanol–water partition coefficient (Wildman–Crippen LogP) is -0.520. The van der Waals surface area contributed by atoms with Gasteiger partial charge in [-0.1, -0.05) is 0 Å². The lowest BCUT2D eigenvalue weighted by Gasteiger charge is -2.04. The van der Waals surface area contributed by atoms with E-state index in [1.165, 1.54) is 0 Å². The Labute approximate surface area is 75.7 Å². The van der Waals surface area contributed by atoms with Gasteiger partial charge in [0.1, 0.15) is 0 Å². The minimum atomic E-state index is -4.11. The van der Waals surface area contributed by atoms with Crippen LogP contribution in [0.3, 0.4) is 0 Å². The third kappa shape index (κ3) is 9.49. The van der Waals surface area contributed by atoms with Gasteiger partial charge in [-0.05, 0) is 0 Å². The van der Waals surface area contributed by atoms with Crippen LogP contribution in [-0.4, -0.2) is 40.2 Å². The monoisotopic (exact) mass is 212 g/mol. The van der Waals surface area contributed by atoms with Crippen LogP contribution in [0.2, 0.25) is 0 Å². The molecule has 0 radical (unpaired) electrons. The number of rotatable bonds is 6. The van der Waals surface area contributed by atoms with Gasteiger partial charge in [-0.3, -0.25) is 9.36 Å². The fourth-order valence-corrected chi connectivity index (χ4v) is 1.03. The van der Waals surface area contributed by atoms with E-state index in [2.05, 4.69) is 4.74 Å². The Kier molecular flexibility index (Phi) is 5.90. The molecule has 0 aliphatic heterocycles. The van der Waals surface area contributed by atoms with Gasteiger partial charge in [0.15, 0.2) is 0 Å². The van der Waals surface area contributed by atoms with E-state index >= 15 is 0 Å². The second-order valence-electron chi connectivity index (χ2n) is 2.44. The van der Waals surface area contributed by atoms with Gasteiger partial charge in [-0.25, -0.2) is 0 Å². The first-order valence-corrected chi connectivity index (χ1v) is 5.56. The van der Waals surface area contributed by atoms with Gasteiger partial charge in [0.2, 0.25) is 0 Å². The van der Waals surface area contributed by atoms with Crippen molar-refractivity contribution in [2.75, 3.05) is 19.4 Å². The Hall–Kier alpha value is -0.420. The summed E-state index contributed by atoms with van der Waals surface area (Å²) in [6.07, 6.45) is -0.456. The van der Waals surface area contributed by atoms with Crippen molar-refractivity contribution in [2.24, 2.45) is 0 Å². The van der Waals surface area contributed by atoms with Crippen molar-refractivity contribution >= 4 is 13.6 Å². The normalized spacial score (nSPS) is 11.3. The number of hydrogen-bond donors (Lipinski definition) is 3. The molecule has 0 rings (SSSR count). The first-order valence-electron chi connectivity index (χ1n) is 3.77. The number of aliphatic hydroxyl groups excluding tert-OH is 1. The molecule has 6 nitrogen and oxygen atoms in total. The fourth-order valence-electron chi connectivity index (χ4n) is 0.560. The number of hydrogen-bond acceptors (Lipinski definition) is 4. The van der Waals surface area contributed by atoms with Crippen LogP contribution in [0.5, 0.6) is 0 Å². The Morgan fingerprint density at radius 1 is 1.38 bits per heavy atom. The predicted molar refractivity (Wildman–Crippen MR) is 44.2 cm³/mol. The highest BCUT2D eigenvalue weighted by Gasteiger charge is 2.15. The molecule has 0 aromatic heterocycles. The second-order valence-corrected chi connectivity index (χ2v) is 4.21. The van der Waals surface area contributed by atoms with Gasteiger partial charge in [-0.2, -0.15) is 0 Å². The molecule has 0 aliphatic rings. The third-order valence-electron chi connectivity index (χ3n) is 1.17. The summed E-state index contributed by atoms with van der Waals surface area (Å²) in [7, 11) is -4.11. The zero-order valence-electron chi connectivity index (χ0n) is 7.05. The maximum Gasteiger partial charge on any atom is 0.326 e. The fraction of sp³-hybridized carbons (Fsp3) is 0.833.